The summed E-state index contributed by atoms with van der Waals surface area (Å²) in [7, 11) is 1.96. The van der Waals surface area contributed by atoms with Crippen molar-refractivity contribution in [2.75, 3.05) is 11.9 Å². The molecule has 0 radical (unpaired) electrons. The summed E-state index contributed by atoms with van der Waals surface area (Å²) in [6.07, 6.45) is 0. The molecule has 0 aliphatic rings. The number of rotatable bonds is 4. The lowest BCUT2D eigenvalue weighted by Gasteiger charge is -2.26. The maximum absolute atomic E-state index is 7.45. The van der Waals surface area contributed by atoms with Gasteiger partial charge in [-0.3, -0.25) is 5.41 Å². The molecular weight excluding hydrogens is 272 g/mol. The van der Waals surface area contributed by atoms with Gasteiger partial charge in [0.1, 0.15) is 17.3 Å². The molecule has 5 heteroatoms. The van der Waals surface area contributed by atoms with Crippen LogP contribution in [-0.4, -0.2) is 17.9 Å². The fourth-order valence-corrected chi connectivity index (χ4v) is 2.06. The fourth-order valence-electron chi connectivity index (χ4n) is 1.93. The van der Waals surface area contributed by atoms with Crippen LogP contribution >= 0.6 is 11.6 Å². The van der Waals surface area contributed by atoms with Gasteiger partial charge in [-0.2, -0.15) is 0 Å². The Kier molecular flexibility index (Phi) is 4.25. The third-order valence-corrected chi connectivity index (χ3v) is 3.56. The minimum absolute atomic E-state index is 0.0283. The molecule has 104 valence electrons. The summed E-state index contributed by atoms with van der Waals surface area (Å²) >= 11 is 5.91. The molecule has 0 saturated heterocycles. The number of nitrogens with one attached hydrogen (secondary N) is 1. The van der Waals surface area contributed by atoms with Crippen molar-refractivity contribution in [3.63, 3.8) is 0 Å². The molecule has 1 aromatic carbocycles. The van der Waals surface area contributed by atoms with Gasteiger partial charge in [0.2, 0.25) is 0 Å². The molecule has 3 N–H and O–H groups in total. The molecule has 4 nitrogen and oxygen atoms in total. The van der Waals surface area contributed by atoms with E-state index in [1.54, 1.807) is 6.07 Å². The van der Waals surface area contributed by atoms with Crippen LogP contribution in [0.3, 0.4) is 0 Å². The molecule has 0 aliphatic carbocycles. The largest absolute Gasteiger partial charge is 0.382 e. The first-order chi connectivity index (χ1) is 9.49. The number of nitrogens with zero attached hydrogens (tertiary/aromatic N) is 2. The number of nitrogen functional groups attached to an aromatic ring is 1. The van der Waals surface area contributed by atoms with Crippen LogP contribution in [0.2, 0.25) is 5.02 Å². The van der Waals surface area contributed by atoms with Crippen LogP contribution in [0.25, 0.3) is 0 Å². The number of halogens is 1. The van der Waals surface area contributed by atoms with E-state index in [2.05, 4.69) is 11.9 Å². The van der Waals surface area contributed by atoms with Gasteiger partial charge in [-0.05, 0) is 36.8 Å². The lowest BCUT2D eigenvalue weighted by Crippen LogP contribution is -2.24. The fraction of sp³-hybridized carbons (Fsp3) is 0.200. The van der Waals surface area contributed by atoms with Crippen LogP contribution in [0.1, 0.15) is 24.2 Å². The van der Waals surface area contributed by atoms with Crippen LogP contribution in [0.5, 0.6) is 0 Å². The van der Waals surface area contributed by atoms with Crippen LogP contribution < -0.4 is 10.6 Å². The maximum Gasteiger partial charge on any atom is 0.141 e. The molecule has 1 atom stereocenters. The Balaban J connectivity index is 2.26. The van der Waals surface area contributed by atoms with Gasteiger partial charge in [-0.1, -0.05) is 29.8 Å². The van der Waals surface area contributed by atoms with Gasteiger partial charge < -0.3 is 10.6 Å². The normalized spacial score (nSPS) is 11.9. The summed E-state index contributed by atoms with van der Waals surface area (Å²) in [6, 6.07) is 13.4. The smallest absolute Gasteiger partial charge is 0.141 e. The van der Waals surface area contributed by atoms with E-state index in [1.807, 2.05) is 48.3 Å². The molecule has 0 amide bonds. The molecule has 1 aromatic heterocycles. The summed E-state index contributed by atoms with van der Waals surface area (Å²) in [5.74, 6) is 0.750. The molecular formula is C15H17ClN4. The van der Waals surface area contributed by atoms with Crippen molar-refractivity contribution < 1.29 is 0 Å². The average molecular weight is 289 g/mol. The zero-order valence-corrected chi connectivity index (χ0v) is 12.2. The van der Waals surface area contributed by atoms with Crippen LogP contribution in [0.4, 0.5) is 5.82 Å². The SMILES string of the molecule is CC(c1ccc(Cl)cc1)N(C)c1cccc(C(=N)N)n1. The zero-order chi connectivity index (χ0) is 14.7. The summed E-state index contributed by atoms with van der Waals surface area (Å²) in [5, 5.41) is 8.17. The summed E-state index contributed by atoms with van der Waals surface area (Å²) in [4.78, 5) is 6.42. The van der Waals surface area contributed by atoms with E-state index in [0.717, 1.165) is 16.4 Å². The first-order valence-corrected chi connectivity index (χ1v) is 6.66. The molecule has 0 fully saturated rings. The van der Waals surface area contributed by atoms with Crippen molar-refractivity contribution in [1.82, 2.24) is 4.98 Å². The second-order valence-corrected chi connectivity index (χ2v) is 5.07. The quantitative estimate of drug-likeness (QED) is 0.670. The maximum atomic E-state index is 7.45. The summed E-state index contributed by atoms with van der Waals surface area (Å²) in [6.45, 7) is 2.09. The predicted octanol–water partition coefficient (Wildman–Crippen LogP) is 3.22. The monoisotopic (exact) mass is 288 g/mol. The van der Waals surface area contributed by atoms with E-state index in [9.17, 15) is 0 Å². The van der Waals surface area contributed by atoms with Crippen LogP contribution in [0, 0.1) is 5.41 Å². The highest BCUT2D eigenvalue weighted by atomic mass is 35.5. The average Bonchev–Trinajstić information content (AvgIpc) is 2.46. The van der Waals surface area contributed by atoms with Gasteiger partial charge >= 0.3 is 0 Å². The van der Waals surface area contributed by atoms with Crippen LogP contribution in [-0.2, 0) is 0 Å². The highest BCUT2D eigenvalue weighted by molar-refractivity contribution is 6.30. The van der Waals surface area contributed by atoms with E-state index >= 15 is 0 Å². The minimum Gasteiger partial charge on any atom is -0.382 e. The van der Waals surface area contributed by atoms with Gasteiger partial charge in [-0.15, -0.1) is 0 Å². The number of hydrogen-bond acceptors (Lipinski definition) is 3. The van der Waals surface area contributed by atoms with Gasteiger partial charge in [0.05, 0.1) is 6.04 Å². The number of pyridine rings is 1. The lowest BCUT2D eigenvalue weighted by molar-refractivity contribution is 0.728. The lowest BCUT2D eigenvalue weighted by atomic mass is 10.1. The Morgan fingerprint density at radius 2 is 1.90 bits per heavy atom. The second kappa shape index (κ2) is 5.92. The first-order valence-electron chi connectivity index (χ1n) is 6.29. The van der Waals surface area contributed by atoms with E-state index in [1.165, 1.54) is 0 Å². The van der Waals surface area contributed by atoms with Crippen molar-refractivity contribution in [2.24, 2.45) is 5.73 Å². The van der Waals surface area contributed by atoms with Crippen molar-refractivity contribution in [3.05, 3.63) is 58.7 Å². The summed E-state index contributed by atoms with van der Waals surface area (Å²) < 4.78 is 0. The Labute approximate surface area is 123 Å². The van der Waals surface area contributed by atoms with Gasteiger partial charge in [0.25, 0.3) is 0 Å². The second-order valence-electron chi connectivity index (χ2n) is 4.63. The third-order valence-electron chi connectivity index (χ3n) is 3.31. The van der Waals surface area contributed by atoms with Gasteiger partial charge in [-0.25, -0.2) is 4.98 Å². The van der Waals surface area contributed by atoms with E-state index in [-0.39, 0.29) is 11.9 Å². The molecule has 2 aromatic rings. The standard InChI is InChI=1S/C15H17ClN4/c1-10(11-6-8-12(16)9-7-11)20(2)14-5-3-4-13(19-14)15(17)18/h3-10H,1-2H3,(H3,17,18). The van der Waals surface area contributed by atoms with Gasteiger partial charge in [0.15, 0.2) is 0 Å². The van der Waals surface area contributed by atoms with Crippen molar-refractivity contribution >= 4 is 23.3 Å². The Morgan fingerprint density at radius 3 is 2.50 bits per heavy atom. The van der Waals surface area contributed by atoms with Crippen molar-refractivity contribution in [3.8, 4) is 0 Å². The van der Waals surface area contributed by atoms with Crippen molar-refractivity contribution in [1.29, 1.82) is 5.41 Å². The van der Waals surface area contributed by atoms with E-state index < -0.39 is 0 Å². The Morgan fingerprint density at radius 1 is 1.25 bits per heavy atom. The Bertz CT molecular complexity index is 610. The van der Waals surface area contributed by atoms with Crippen LogP contribution in [0.15, 0.2) is 42.5 Å². The number of anilines is 1. The number of aromatic nitrogens is 1. The number of nitrogens with two attached hydrogens (primary N) is 1. The number of benzene rings is 1. The van der Waals surface area contributed by atoms with E-state index in [4.69, 9.17) is 22.7 Å². The Hall–Kier alpha value is -2.07. The van der Waals surface area contributed by atoms with Crippen molar-refractivity contribution in [2.45, 2.75) is 13.0 Å². The molecule has 1 heterocycles. The zero-order valence-electron chi connectivity index (χ0n) is 11.5. The number of amidine groups is 1. The molecule has 20 heavy (non-hydrogen) atoms. The molecule has 0 bridgehead atoms. The highest BCUT2D eigenvalue weighted by Crippen LogP contribution is 2.24. The summed E-state index contributed by atoms with van der Waals surface area (Å²) in [5.41, 5.74) is 7.10. The third kappa shape index (κ3) is 3.08. The topological polar surface area (TPSA) is 66.0 Å². The minimum atomic E-state index is -0.0283. The van der Waals surface area contributed by atoms with Gasteiger partial charge in [0, 0.05) is 12.1 Å². The molecule has 2 rings (SSSR count). The molecule has 0 saturated carbocycles. The first kappa shape index (κ1) is 14.3. The molecule has 0 spiro atoms. The molecule has 1 unspecified atom stereocenters. The number of hydrogen-bond donors (Lipinski definition) is 2. The highest BCUT2D eigenvalue weighted by Gasteiger charge is 2.14. The predicted molar refractivity (Wildman–Crippen MR) is 83.5 cm³/mol. The van der Waals surface area contributed by atoms with E-state index in [0.29, 0.717) is 5.69 Å². The molecule has 0 aliphatic heterocycles.